The fourth-order valence-corrected chi connectivity index (χ4v) is 3.31. The van der Waals surface area contributed by atoms with Crippen LogP contribution in [0, 0.1) is 0 Å². The molecular weight excluding hydrogens is 455 g/mol. The first kappa shape index (κ1) is 23.3. The van der Waals surface area contributed by atoms with Gasteiger partial charge in [0.15, 0.2) is 17.2 Å². The molecule has 0 saturated carbocycles. The number of carbonyl (C=O) groups excluding carboxylic acids is 1. The van der Waals surface area contributed by atoms with E-state index in [1.807, 2.05) is 0 Å². The zero-order valence-corrected chi connectivity index (χ0v) is 17.5. The van der Waals surface area contributed by atoms with Gasteiger partial charge in [-0.1, -0.05) is 64.9 Å². The molecule has 0 fully saturated rings. The Bertz CT molecular complexity index is 1270. The van der Waals surface area contributed by atoms with Gasteiger partial charge < -0.3 is 19.3 Å². The smallest absolute Gasteiger partial charge is 0.396 e. The summed E-state index contributed by atoms with van der Waals surface area (Å²) < 4.78 is 51.6. The van der Waals surface area contributed by atoms with E-state index in [2.05, 4.69) is 15.3 Å². The Morgan fingerprint density at radius 2 is 1.68 bits per heavy atom. The van der Waals surface area contributed by atoms with E-state index in [1.165, 1.54) is 36.4 Å². The summed E-state index contributed by atoms with van der Waals surface area (Å²) in [7, 11) is 0. The summed E-state index contributed by atoms with van der Waals surface area (Å²) in [5, 5.41) is 26.2. The van der Waals surface area contributed by atoms with E-state index in [1.54, 1.807) is 18.2 Å². The fourth-order valence-electron chi connectivity index (χ4n) is 3.31. The second-order valence-corrected chi connectivity index (χ2v) is 7.34. The number of carbonyl (C=O) groups is 1. The molecule has 4 aromatic rings. The molecule has 2 aromatic heterocycles. The molecule has 4 rings (SSSR count). The fraction of sp³-hybridized carbons (Fsp3) is 0.217. The largest absolute Gasteiger partial charge is 0.422 e. The predicted octanol–water partition coefficient (Wildman–Crippen LogP) is 4.45. The van der Waals surface area contributed by atoms with Crippen LogP contribution in [-0.2, 0) is 11.0 Å². The first-order valence-electron chi connectivity index (χ1n) is 10.2. The van der Waals surface area contributed by atoms with Crippen LogP contribution in [-0.4, -0.2) is 37.9 Å². The van der Waals surface area contributed by atoms with Gasteiger partial charge in [-0.3, -0.25) is 4.79 Å². The number of alkyl halides is 3. The van der Waals surface area contributed by atoms with E-state index in [4.69, 9.17) is 14.2 Å². The molecular formula is C23H18F3N3O5. The lowest BCUT2D eigenvalue weighted by molar-refractivity contribution is -0.137. The summed E-state index contributed by atoms with van der Waals surface area (Å²) in [4.78, 5) is 16.0. The van der Waals surface area contributed by atoms with Crippen molar-refractivity contribution < 1.29 is 37.2 Å². The number of nitrogens with zero attached hydrogens (tertiary/aromatic N) is 3. The van der Waals surface area contributed by atoms with Crippen LogP contribution in [0.25, 0.3) is 34.3 Å². The van der Waals surface area contributed by atoms with Gasteiger partial charge in [0.25, 0.3) is 5.89 Å². The summed E-state index contributed by atoms with van der Waals surface area (Å²) in [5.41, 5.74) is -0.871. The number of aliphatic hydroxyl groups excluding tert-OH is 2. The molecule has 0 bridgehead atoms. The molecule has 11 heteroatoms. The van der Waals surface area contributed by atoms with Crippen LogP contribution in [0.4, 0.5) is 13.2 Å². The molecule has 2 heterocycles. The zero-order chi connectivity index (χ0) is 24.3. The third kappa shape index (κ3) is 4.75. The molecule has 0 aliphatic heterocycles. The average Bonchev–Trinajstić information content (AvgIpc) is 3.50. The van der Waals surface area contributed by atoms with Crippen molar-refractivity contribution in [1.82, 2.24) is 15.3 Å². The molecule has 2 aromatic carbocycles. The number of aromatic nitrogens is 3. The van der Waals surface area contributed by atoms with Crippen LogP contribution in [0.15, 0.2) is 63.6 Å². The number of hydrogen-bond acceptors (Lipinski definition) is 8. The number of ketones is 1. The van der Waals surface area contributed by atoms with Crippen molar-refractivity contribution in [3.63, 3.8) is 0 Å². The van der Waals surface area contributed by atoms with E-state index < -0.39 is 41.0 Å². The molecule has 0 aliphatic carbocycles. The first-order chi connectivity index (χ1) is 16.3. The lowest BCUT2D eigenvalue weighted by atomic mass is 10.0. The van der Waals surface area contributed by atoms with E-state index in [-0.39, 0.29) is 30.8 Å². The molecule has 0 aliphatic rings. The van der Waals surface area contributed by atoms with Crippen LogP contribution in [0.1, 0.15) is 30.1 Å². The lowest BCUT2D eigenvalue weighted by Gasteiger charge is -2.09. The molecule has 34 heavy (non-hydrogen) atoms. The maximum Gasteiger partial charge on any atom is 0.422 e. The monoisotopic (exact) mass is 473 g/mol. The van der Waals surface area contributed by atoms with Gasteiger partial charge in [-0.05, 0) is 12.0 Å². The van der Waals surface area contributed by atoms with Crippen LogP contribution >= 0.6 is 0 Å². The van der Waals surface area contributed by atoms with Gasteiger partial charge in [0.1, 0.15) is 11.7 Å². The number of hydrogen-bond donors (Lipinski definition) is 2. The second-order valence-electron chi connectivity index (χ2n) is 7.34. The normalized spacial score (nSPS) is 12.6. The number of rotatable bonds is 8. The summed E-state index contributed by atoms with van der Waals surface area (Å²) in [6.07, 6.45) is -5.89. The molecule has 1 atom stereocenters. The minimum Gasteiger partial charge on any atom is -0.396 e. The Morgan fingerprint density at radius 3 is 2.32 bits per heavy atom. The van der Waals surface area contributed by atoms with Gasteiger partial charge in [0.05, 0.1) is 0 Å². The maximum atomic E-state index is 13.9. The molecule has 0 amide bonds. The highest BCUT2D eigenvalue weighted by Crippen LogP contribution is 2.43. The van der Waals surface area contributed by atoms with Gasteiger partial charge in [0.2, 0.25) is 5.82 Å². The maximum absolute atomic E-state index is 13.9. The third-order valence-electron chi connectivity index (χ3n) is 5.01. The van der Waals surface area contributed by atoms with Crippen molar-refractivity contribution >= 4 is 5.78 Å². The minimum absolute atomic E-state index is 0.0139. The summed E-state index contributed by atoms with van der Waals surface area (Å²) in [6.45, 7) is -0.161. The molecule has 0 saturated heterocycles. The molecule has 0 spiro atoms. The van der Waals surface area contributed by atoms with Crippen molar-refractivity contribution in [1.29, 1.82) is 0 Å². The Kier molecular flexibility index (Phi) is 6.57. The van der Waals surface area contributed by atoms with Crippen LogP contribution < -0.4 is 0 Å². The Labute approximate surface area is 190 Å². The van der Waals surface area contributed by atoms with Gasteiger partial charge in [0, 0.05) is 24.2 Å². The van der Waals surface area contributed by atoms with Crippen LogP contribution in [0.5, 0.6) is 0 Å². The quantitative estimate of drug-likeness (QED) is 0.385. The summed E-state index contributed by atoms with van der Waals surface area (Å²) in [5.74, 6) is -1.40. The molecule has 2 N–H and O–H groups in total. The summed E-state index contributed by atoms with van der Waals surface area (Å²) in [6, 6.07) is 13.7. The Hall–Kier alpha value is -3.83. The van der Waals surface area contributed by atoms with Gasteiger partial charge in [-0.25, -0.2) is 0 Å². The van der Waals surface area contributed by atoms with Gasteiger partial charge in [-0.15, -0.1) is 0 Å². The number of halogens is 3. The number of benzene rings is 2. The Balaban J connectivity index is 1.62. The minimum atomic E-state index is -4.80. The third-order valence-corrected chi connectivity index (χ3v) is 5.01. The highest BCUT2D eigenvalue weighted by molar-refractivity contribution is 5.84. The van der Waals surface area contributed by atoms with Crippen molar-refractivity contribution in [2.45, 2.75) is 25.1 Å². The number of Topliss-reactive ketones (excluding diaryl/α,β-unsaturated/α-hetero) is 1. The van der Waals surface area contributed by atoms with Crippen molar-refractivity contribution in [2.75, 3.05) is 6.61 Å². The van der Waals surface area contributed by atoms with Crippen molar-refractivity contribution in [2.24, 2.45) is 0 Å². The molecule has 1 unspecified atom stereocenters. The zero-order valence-electron chi connectivity index (χ0n) is 17.5. The van der Waals surface area contributed by atoms with E-state index >= 15 is 0 Å². The second kappa shape index (κ2) is 9.57. The van der Waals surface area contributed by atoms with Crippen LogP contribution in [0.3, 0.4) is 0 Å². The van der Waals surface area contributed by atoms with Crippen LogP contribution in [0.2, 0.25) is 0 Å². The SMILES string of the molecule is O=C(CCCO)C(O)c1ccc(-c2noc(-c3noc(-c4ccccc4)c3C(F)(F)F)n2)cc1. The standard InChI is InChI=1S/C23H18F3N3O5/c24-23(25,26)17-18(28-33-20(17)14-5-2-1-3-6-14)22-27-21(29-34-22)15-10-8-13(9-11-15)19(32)16(31)7-4-12-30/h1-3,5-6,8-11,19,30,32H,4,7,12H2. The van der Waals surface area contributed by atoms with Crippen molar-refractivity contribution in [3.8, 4) is 34.3 Å². The first-order valence-corrected chi connectivity index (χ1v) is 10.2. The molecule has 176 valence electrons. The average molecular weight is 473 g/mol. The van der Waals surface area contributed by atoms with Crippen molar-refractivity contribution in [3.05, 3.63) is 65.7 Å². The Morgan fingerprint density at radius 1 is 0.971 bits per heavy atom. The van der Waals surface area contributed by atoms with E-state index in [0.717, 1.165) is 0 Å². The highest BCUT2D eigenvalue weighted by Gasteiger charge is 2.42. The lowest BCUT2D eigenvalue weighted by Crippen LogP contribution is -2.12. The summed E-state index contributed by atoms with van der Waals surface area (Å²) >= 11 is 0. The topological polar surface area (TPSA) is 122 Å². The van der Waals surface area contributed by atoms with E-state index in [0.29, 0.717) is 11.1 Å². The molecule has 0 radical (unpaired) electrons. The highest BCUT2D eigenvalue weighted by atomic mass is 19.4. The van der Waals surface area contributed by atoms with E-state index in [9.17, 15) is 23.1 Å². The van der Waals surface area contributed by atoms with Gasteiger partial charge >= 0.3 is 6.18 Å². The predicted molar refractivity (Wildman–Crippen MR) is 112 cm³/mol. The van der Waals surface area contributed by atoms with Gasteiger partial charge in [-0.2, -0.15) is 18.2 Å². The number of aliphatic hydroxyl groups is 2. The molecule has 8 nitrogen and oxygen atoms in total.